The topological polar surface area (TPSA) is 68.4 Å². The summed E-state index contributed by atoms with van der Waals surface area (Å²) in [5, 5.41) is 6.32. The molecule has 0 fully saturated rings. The molecule has 44 heavy (non-hydrogen) atoms. The molecule has 6 nitrogen and oxygen atoms in total. The average molecular weight is 568 g/mol. The van der Waals surface area contributed by atoms with E-state index in [4.69, 9.17) is 13.3 Å². The molecule has 0 unspecified atom stereocenters. The molecule has 5 heterocycles. The number of furan rings is 3. The number of benzene rings is 5. The van der Waals surface area contributed by atoms with Crippen LogP contribution in [0.4, 0.5) is 17.1 Å². The molecule has 5 aromatic carbocycles. The van der Waals surface area contributed by atoms with Crippen molar-refractivity contribution in [1.29, 1.82) is 0 Å². The van der Waals surface area contributed by atoms with E-state index < -0.39 is 0 Å². The van der Waals surface area contributed by atoms with E-state index in [1.54, 1.807) is 12.4 Å². The quantitative estimate of drug-likeness (QED) is 0.212. The second-order valence-electron chi connectivity index (χ2n) is 11.0. The number of nitrogens with zero attached hydrogens (tertiary/aromatic N) is 3. The Morgan fingerprint density at radius 3 is 1.68 bits per heavy atom. The second kappa shape index (κ2) is 8.69. The van der Waals surface area contributed by atoms with Crippen LogP contribution < -0.4 is 4.90 Å². The van der Waals surface area contributed by atoms with Gasteiger partial charge in [-0.1, -0.05) is 30.3 Å². The van der Waals surface area contributed by atoms with Crippen molar-refractivity contribution >= 4 is 93.9 Å². The van der Waals surface area contributed by atoms with E-state index in [1.165, 1.54) is 5.39 Å². The molecule has 0 bridgehead atoms. The number of pyridine rings is 2. The Hall–Kier alpha value is -6.14. The van der Waals surface area contributed by atoms with E-state index in [1.807, 2.05) is 48.5 Å². The Morgan fingerprint density at radius 1 is 0.432 bits per heavy atom. The first kappa shape index (κ1) is 23.4. The van der Waals surface area contributed by atoms with Gasteiger partial charge in [0, 0.05) is 39.9 Å². The monoisotopic (exact) mass is 567 g/mol. The number of hydrogen-bond donors (Lipinski definition) is 0. The molecule has 10 rings (SSSR count). The van der Waals surface area contributed by atoms with Gasteiger partial charge in [-0.05, 0) is 95.7 Å². The van der Waals surface area contributed by atoms with Gasteiger partial charge in [0.05, 0.1) is 11.1 Å². The number of hydrogen-bond acceptors (Lipinski definition) is 6. The smallest absolute Gasteiger partial charge is 0.153 e. The van der Waals surface area contributed by atoms with Crippen molar-refractivity contribution < 1.29 is 13.3 Å². The molecule has 0 aliphatic heterocycles. The lowest BCUT2D eigenvalue weighted by molar-refractivity contribution is 0.668. The van der Waals surface area contributed by atoms with Gasteiger partial charge in [-0.25, -0.2) is 0 Å². The molecule has 0 aliphatic carbocycles. The third-order valence-electron chi connectivity index (χ3n) is 8.52. The second-order valence-corrected chi connectivity index (χ2v) is 11.0. The van der Waals surface area contributed by atoms with Crippen LogP contribution in [0.1, 0.15) is 0 Å². The Kier molecular flexibility index (Phi) is 4.63. The fourth-order valence-corrected chi connectivity index (χ4v) is 6.56. The number of rotatable bonds is 3. The van der Waals surface area contributed by atoms with Crippen molar-refractivity contribution in [2.75, 3.05) is 4.90 Å². The van der Waals surface area contributed by atoms with Gasteiger partial charge in [0.15, 0.2) is 11.2 Å². The van der Waals surface area contributed by atoms with E-state index >= 15 is 0 Å². The molecule has 0 radical (unpaired) electrons. The van der Waals surface area contributed by atoms with Crippen molar-refractivity contribution in [3.63, 3.8) is 0 Å². The van der Waals surface area contributed by atoms with Crippen LogP contribution in [0.5, 0.6) is 0 Å². The highest BCUT2D eigenvalue weighted by Crippen LogP contribution is 2.45. The zero-order valence-corrected chi connectivity index (χ0v) is 23.2. The van der Waals surface area contributed by atoms with Gasteiger partial charge >= 0.3 is 0 Å². The number of anilines is 3. The minimum atomic E-state index is 0.762. The molecule has 0 saturated heterocycles. The van der Waals surface area contributed by atoms with Crippen LogP contribution in [0.3, 0.4) is 0 Å². The van der Waals surface area contributed by atoms with Crippen LogP contribution in [-0.2, 0) is 0 Å². The predicted molar refractivity (Wildman–Crippen MR) is 176 cm³/mol. The first-order chi connectivity index (χ1) is 21.8. The van der Waals surface area contributed by atoms with E-state index in [9.17, 15) is 0 Å². The molecule has 0 atom stereocenters. The van der Waals surface area contributed by atoms with E-state index in [-0.39, 0.29) is 0 Å². The SMILES string of the molecule is c1ccc2cc3c(cc2c1)oc1cccc(N(c2ccc4oc5cccnc5c4c2)c2ccc4oc5cccnc5c4c2)c13. The molecule has 10 aromatic rings. The van der Waals surface area contributed by atoms with Crippen molar-refractivity contribution in [2.45, 2.75) is 0 Å². The number of aromatic nitrogens is 2. The molecule has 0 spiro atoms. The lowest BCUT2D eigenvalue weighted by atomic mass is 10.0. The summed E-state index contributed by atoms with van der Waals surface area (Å²) in [5.74, 6) is 0. The molecular weight excluding hydrogens is 546 g/mol. The largest absolute Gasteiger partial charge is 0.456 e. The Balaban J connectivity index is 1.30. The van der Waals surface area contributed by atoms with Crippen LogP contribution in [0.2, 0.25) is 0 Å². The van der Waals surface area contributed by atoms with Gasteiger partial charge in [0.1, 0.15) is 33.4 Å². The summed E-state index contributed by atoms with van der Waals surface area (Å²) >= 11 is 0. The predicted octanol–water partition coefficient (Wildman–Crippen LogP) is 10.8. The third kappa shape index (κ3) is 3.30. The maximum Gasteiger partial charge on any atom is 0.153 e. The standard InChI is InChI=1S/C38H21N3O3/c1-2-7-23-19-35-26(18-22(23)6-1)36-29(8-3-9-32(36)44-35)41(24-12-14-30-27(20-24)37-33(42-30)10-4-16-39-37)25-13-15-31-28(21-25)38-34(43-31)11-5-17-40-38/h1-21H. The van der Waals surface area contributed by atoms with Crippen LogP contribution in [0.15, 0.2) is 141 Å². The summed E-state index contributed by atoms with van der Waals surface area (Å²) in [6, 6.07) is 39.2. The molecule has 0 N–H and O–H groups in total. The van der Waals surface area contributed by atoms with E-state index in [2.05, 4.69) is 81.6 Å². The normalized spacial score (nSPS) is 12.1. The minimum absolute atomic E-state index is 0.762. The lowest BCUT2D eigenvalue weighted by Crippen LogP contribution is -2.10. The van der Waals surface area contributed by atoms with Crippen molar-refractivity contribution in [3.05, 3.63) is 128 Å². The first-order valence-electron chi connectivity index (χ1n) is 14.5. The summed E-state index contributed by atoms with van der Waals surface area (Å²) in [6.07, 6.45) is 3.60. The van der Waals surface area contributed by atoms with E-state index in [0.717, 1.165) is 88.5 Å². The highest BCUT2D eigenvalue weighted by Gasteiger charge is 2.22. The molecular formula is C38H21N3O3. The summed E-state index contributed by atoms with van der Waals surface area (Å²) < 4.78 is 18.7. The van der Waals surface area contributed by atoms with Gasteiger partial charge in [0.25, 0.3) is 0 Å². The van der Waals surface area contributed by atoms with Gasteiger partial charge in [0.2, 0.25) is 0 Å². The zero-order valence-electron chi connectivity index (χ0n) is 23.2. The van der Waals surface area contributed by atoms with Crippen LogP contribution in [-0.4, -0.2) is 9.97 Å². The maximum atomic E-state index is 6.48. The van der Waals surface area contributed by atoms with Crippen LogP contribution in [0, 0.1) is 0 Å². The molecule has 0 saturated carbocycles. The summed E-state index contributed by atoms with van der Waals surface area (Å²) in [5.41, 5.74) is 9.39. The molecule has 0 aliphatic rings. The zero-order chi connectivity index (χ0) is 28.8. The van der Waals surface area contributed by atoms with E-state index in [0.29, 0.717) is 0 Å². The maximum absolute atomic E-state index is 6.48. The van der Waals surface area contributed by atoms with Gasteiger partial charge in [-0.2, -0.15) is 0 Å². The Bertz CT molecular complexity index is 2640. The third-order valence-corrected chi connectivity index (χ3v) is 8.52. The average Bonchev–Trinajstić information content (AvgIpc) is 3.74. The lowest BCUT2D eigenvalue weighted by Gasteiger charge is -2.26. The van der Waals surface area contributed by atoms with Gasteiger partial charge < -0.3 is 18.2 Å². The van der Waals surface area contributed by atoms with Crippen molar-refractivity contribution in [2.24, 2.45) is 0 Å². The van der Waals surface area contributed by atoms with Crippen LogP contribution >= 0.6 is 0 Å². The van der Waals surface area contributed by atoms with Gasteiger partial charge in [-0.3, -0.25) is 9.97 Å². The first-order valence-corrected chi connectivity index (χ1v) is 14.5. The molecule has 6 heteroatoms. The Labute approximate surface area is 249 Å². The molecule has 206 valence electrons. The minimum Gasteiger partial charge on any atom is -0.456 e. The highest BCUT2D eigenvalue weighted by atomic mass is 16.3. The fourth-order valence-electron chi connectivity index (χ4n) is 6.56. The Morgan fingerprint density at radius 2 is 1.02 bits per heavy atom. The summed E-state index contributed by atoms with van der Waals surface area (Å²) in [4.78, 5) is 11.6. The fraction of sp³-hybridized carbons (Fsp3) is 0. The molecule has 5 aromatic heterocycles. The molecule has 0 amide bonds. The van der Waals surface area contributed by atoms with Crippen molar-refractivity contribution in [1.82, 2.24) is 9.97 Å². The summed E-state index contributed by atoms with van der Waals surface area (Å²) in [6.45, 7) is 0. The van der Waals surface area contributed by atoms with Gasteiger partial charge in [-0.15, -0.1) is 0 Å². The highest BCUT2D eigenvalue weighted by molar-refractivity contribution is 6.17. The van der Waals surface area contributed by atoms with Crippen molar-refractivity contribution in [3.8, 4) is 0 Å². The summed E-state index contributed by atoms with van der Waals surface area (Å²) in [7, 11) is 0. The van der Waals surface area contributed by atoms with Crippen LogP contribution in [0.25, 0.3) is 76.8 Å². The number of fused-ring (bicyclic) bond motifs is 10.